The fourth-order valence-corrected chi connectivity index (χ4v) is 2.71. The van der Waals surface area contributed by atoms with Crippen LogP contribution in [-0.4, -0.2) is 52.7 Å². The van der Waals surface area contributed by atoms with Crippen LogP contribution in [0.1, 0.15) is 5.56 Å². The van der Waals surface area contributed by atoms with Gasteiger partial charge in [0.25, 0.3) is 0 Å². The van der Waals surface area contributed by atoms with Crippen molar-refractivity contribution in [2.24, 2.45) is 0 Å². The maximum Gasteiger partial charge on any atom is 0.418 e. The molecular weight excluding hydrogens is 373 g/mol. The Morgan fingerprint density at radius 2 is 1.92 bits per heavy atom. The predicted molar refractivity (Wildman–Crippen MR) is 89.4 cm³/mol. The molecule has 1 aromatic carbocycles. The van der Waals surface area contributed by atoms with Crippen LogP contribution in [0.2, 0.25) is 5.02 Å². The molecule has 0 spiro atoms. The third kappa shape index (κ3) is 4.13. The molecule has 1 fully saturated rings. The highest BCUT2D eigenvalue weighted by Gasteiger charge is 2.34. The number of hydrogen-bond acceptors (Lipinski definition) is 6. The number of piperazine rings is 1. The van der Waals surface area contributed by atoms with Crippen molar-refractivity contribution in [1.82, 2.24) is 20.1 Å². The summed E-state index contributed by atoms with van der Waals surface area (Å²) in [6.45, 7) is 2.16. The largest absolute Gasteiger partial charge is 0.418 e. The molecule has 0 bridgehead atoms. The number of halogens is 4. The molecule has 0 aliphatic carbocycles. The lowest BCUT2D eigenvalue weighted by atomic mass is 10.1. The standard InChI is InChI=1S/C15H14ClF3N6O/c16-10-1-2-12(11(7-10)15(17,18)19)21-14-22-13(8-20-23-14)25-5-3-24(9-26)4-6-25/h1-2,7-9H,3-6H2,(H,21,22,23). The zero-order valence-electron chi connectivity index (χ0n) is 13.4. The number of hydrogen-bond donors (Lipinski definition) is 1. The van der Waals surface area contributed by atoms with Crippen LogP contribution in [0.5, 0.6) is 0 Å². The smallest absolute Gasteiger partial charge is 0.352 e. The topological polar surface area (TPSA) is 74.2 Å². The first-order valence-electron chi connectivity index (χ1n) is 7.64. The molecule has 7 nitrogen and oxygen atoms in total. The molecule has 1 aromatic heterocycles. The normalized spacial score (nSPS) is 15.1. The summed E-state index contributed by atoms with van der Waals surface area (Å²) in [4.78, 5) is 18.5. The summed E-state index contributed by atoms with van der Waals surface area (Å²) >= 11 is 5.67. The fourth-order valence-electron chi connectivity index (χ4n) is 2.54. The Morgan fingerprint density at radius 3 is 2.58 bits per heavy atom. The number of aromatic nitrogens is 3. The van der Waals surface area contributed by atoms with Gasteiger partial charge in [0.05, 0.1) is 17.4 Å². The van der Waals surface area contributed by atoms with E-state index in [2.05, 4.69) is 20.5 Å². The number of carbonyl (C=O) groups excluding carboxylic acids is 1. The highest BCUT2D eigenvalue weighted by Crippen LogP contribution is 2.37. The third-order valence-electron chi connectivity index (χ3n) is 3.87. The van der Waals surface area contributed by atoms with E-state index in [9.17, 15) is 18.0 Å². The minimum atomic E-state index is -4.58. The molecule has 0 atom stereocenters. The fraction of sp³-hybridized carbons (Fsp3) is 0.333. The Morgan fingerprint density at radius 1 is 1.19 bits per heavy atom. The molecular formula is C15H14ClF3N6O. The summed E-state index contributed by atoms with van der Waals surface area (Å²) in [5, 5.41) is 10.1. The molecule has 11 heteroatoms. The summed E-state index contributed by atoms with van der Waals surface area (Å²) < 4.78 is 39.5. The van der Waals surface area contributed by atoms with E-state index in [1.54, 1.807) is 4.90 Å². The molecule has 0 unspecified atom stereocenters. The van der Waals surface area contributed by atoms with Gasteiger partial charge in [0.15, 0.2) is 5.82 Å². The van der Waals surface area contributed by atoms with E-state index in [0.29, 0.717) is 32.0 Å². The van der Waals surface area contributed by atoms with Gasteiger partial charge in [-0.1, -0.05) is 11.6 Å². The maximum atomic E-state index is 13.2. The number of amides is 1. The van der Waals surface area contributed by atoms with E-state index in [-0.39, 0.29) is 16.7 Å². The van der Waals surface area contributed by atoms with Crippen LogP contribution < -0.4 is 10.2 Å². The van der Waals surface area contributed by atoms with Gasteiger partial charge in [-0.3, -0.25) is 4.79 Å². The first-order chi connectivity index (χ1) is 12.4. The number of nitrogens with one attached hydrogen (secondary N) is 1. The van der Waals surface area contributed by atoms with Crippen LogP contribution in [0.15, 0.2) is 24.4 Å². The molecule has 1 N–H and O–H groups in total. The lowest BCUT2D eigenvalue weighted by molar-refractivity contribution is -0.136. The number of rotatable bonds is 4. The minimum absolute atomic E-state index is 0.0243. The quantitative estimate of drug-likeness (QED) is 0.814. The van der Waals surface area contributed by atoms with Gasteiger partial charge < -0.3 is 15.1 Å². The van der Waals surface area contributed by atoms with Crippen molar-refractivity contribution >= 4 is 35.5 Å². The molecule has 2 aromatic rings. The Bertz CT molecular complexity index is 795. The van der Waals surface area contributed by atoms with Crippen molar-refractivity contribution in [3.8, 4) is 0 Å². The number of benzene rings is 1. The summed E-state index contributed by atoms with van der Waals surface area (Å²) in [5.41, 5.74) is -1.13. The molecule has 2 heterocycles. The van der Waals surface area contributed by atoms with Gasteiger partial charge in [-0.15, -0.1) is 5.10 Å². The lowest BCUT2D eigenvalue weighted by Gasteiger charge is -2.33. The zero-order valence-corrected chi connectivity index (χ0v) is 14.1. The van der Waals surface area contributed by atoms with Crippen molar-refractivity contribution in [2.75, 3.05) is 36.4 Å². The highest BCUT2D eigenvalue weighted by atomic mass is 35.5. The van der Waals surface area contributed by atoms with Crippen molar-refractivity contribution in [3.63, 3.8) is 0 Å². The molecule has 26 heavy (non-hydrogen) atoms. The average Bonchev–Trinajstić information content (AvgIpc) is 2.63. The first-order valence-corrected chi connectivity index (χ1v) is 8.02. The predicted octanol–water partition coefficient (Wildman–Crippen LogP) is 2.57. The van der Waals surface area contributed by atoms with Crippen molar-refractivity contribution < 1.29 is 18.0 Å². The zero-order chi connectivity index (χ0) is 18.7. The molecule has 0 saturated carbocycles. The van der Waals surface area contributed by atoms with Crippen molar-refractivity contribution in [3.05, 3.63) is 35.0 Å². The van der Waals surface area contributed by atoms with Gasteiger partial charge in [0, 0.05) is 31.2 Å². The number of carbonyl (C=O) groups is 1. The summed E-state index contributed by atoms with van der Waals surface area (Å²) in [5.74, 6) is 0.406. The van der Waals surface area contributed by atoms with Crippen LogP contribution in [0.4, 0.5) is 30.6 Å². The number of nitrogens with zero attached hydrogens (tertiary/aromatic N) is 5. The summed E-state index contributed by atoms with van der Waals surface area (Å²) in [6, 6.07) is 3.39. The maximum absolute atomic E-state index is 13.2. The molecule has 1 amide bonds. The van der Waals surface area contributed by atoms with Gasteiger partial charge in [-0.2, -0.15) is 23.3 Å². The Labute approximate surface area is 151 Å². The highest BCUT2D eigenvalue weighted by molar-refractivity contribution is 6.30. The number of alkyl halides is 3. The van der Waals surface area contributed by atoms with E-state index < -0.39 is 11.7 Å². The van der Waals surface area contributed by atoms with E-state index >= 15 is 0 Å². The van der Waals surface area contributed by atoms with Gasteiger partial charge in [0.2, 0.25) is 12.4 Å². The van der Waals surface area contributed by atoms with E-state index in [1.165, 1.54) is 18.3 Å². The van der Waals surface area contributed by atoms with E-state index in [1.807, 2.05) is 4.90 Å². The lowest BCUT2D eigenvalue weighted by Crippen LogP contribution is -2.46. The van der Waals surface area contributed by atoms with E-state index in [0.717, 1.165) is 12.5 Å². The average molecular weight is 387 g/mol. The van der Waals surface area contributed by atoms with Gasteiger partial charge in [-0.25, -0.2) is 0 Å². The van der Waals surface area contributed by atoms with E-state index in [4.69, 9.17) is 11.6 Å². The molecule has 1 saturated heterocycles. The third-order valence-corrected chi connectivity index (χ3v) is 4.10. The minimum Gasteiger partial charge on any atom is -0.352 e. The first kappa shape index (κ1) is 18.2. The van der Waals surface area contributed by atoms with Crippen molar-refractivity contribution in [2.45, 2.75) is 6.18 Å². The van der Waals surface area contributed by atoms with Gasteiger partial charge >= 0.3 is 6.18 Å². The second-order valence-corrected chi connectivity index (χ2v) is 6.02. The number of anilines is 3. The Hall–Kier alpha value is -2.62. The van der Waals surface area contributed by atoms with Gasteiger partial charge in [0.1, 0.15) is 0 Å². The Balaban J connectivity index is 1.81. The molecule has 3 rings (SSSR count). The summed E-state index contributed by atoms with van der Waals surface area (Å²) in [6.07, 6.45) is -2.38. The SMILES string of the molecule is O=CN1CCN(c2cnnc(Nc3ccc(Cl)cc3C(F)(F)F)n2)CC1. The van der Waals surface area contributed by atoms with Crippen LogP contribution in [0.25, 0.3) is 0 Å². The summed E-state index contributed by atoms with van der Waals surface area (Å²) in [7, 11) is 0. The molecule has 1 aliphatic rings. The molecule has 0 radical (unpaired) electrons. The second kappa shape index (κ2) is 7.32. The second-order valence-electron chi connectivity index (χ2n) is 5.58. The van der Waals surface area contributed by atoms with Crippen LogP contribution >= 0.6 is 11.6 Å². The van der Waals surface area contributed by atoms with Crippen molar-refractivity contribution in [1.29, 1.82) is 0 Å². The molecule has 138 valence electrons. The van der Waals surface area contributed by atoms with Crippen LogP contribution in [0, 0.1) is 0 Å². The van der Waals surface area contributed by atoms with Crippen LogP contribution in [0.3, 0.4) is 0 Å². The van der Waals surface area contributed by atoms with Gasteiger partial charge in [-0.05, 0) is 18.2 Å². The monoisotopic (exact) mass is 386 g/mol. The Kier molecular flexibility index (Phi) is 5.12. The molecule has 1 aliphatic heterocycles. The van der Waals surface area contributed by atoms with Crippen LogP contribution in [-0.2, 0) is 11.0 Å².